The summed E-state index contributed by atoms with van der Waals surface area (Å²) >= 11 is 7.61. The van der Waals surface area contributed by atoms with E-state index in [-0.39, 0.29) is 11.2 Å². The van der Waals surface area contributed by atoms with Crippen LogP contribution in [0.15, 0.2) is 77.9 Å². The molecule has 0 aliphatic heterocycles. The van der Waals surface area contributed by atoms with Crippen LogP contribution in [0.5, 0.6) is 11.5 Å². The lowest BCUT2D eigenvalue weighted by molar-refractivity contribution is -0.120. The van der Waals surface area contributed by atoms with Crippen molar-refractivity contribution in [3.05, 3.63) is 94.5 Å². The van der Waals surface area contributed by atoms with Crippen LogP contribution in [-0.4, -0.2) is 24.0 Å². The van der Waals surface area contributed by atoms with Gasteiger partial charge in [0.15, 0.2) is 11.5 Å². The molecule has 0 aliphatic carbocycles. The molecule has 5 nitrogen and oxygen atoms in total. The highest BCUT2D eigenvalue weighted by Gasteiger charge is 2.12. The van der Waals surface area contributed by atoms with E-state index in [0.717, 1.165) is 16.9 Å². The average molecular weight is 483 g/mol. The maximum Gasteiger partial charge on any atom is 0.252 e. The minimum absolute atomic E-state index is 0.140. The fourth-order valence-electron chi connectivity index (χ4n) is 2.91. The van der Waals surface area contributed by atoms with Crippen molar-refractivity contribution in [3.63, 3.8) is 0 Å². The van der Waals surface area contributed by atoms with E-state index in [1.807, 2.05) is 86.6 Å². The van der Waals surface area contributed by atoms with Crippen LogP contribution in [0.25, 0.3) is 0 Å². The van der Waals surface area contributed by atoms with Crippen LogP contribution in [0, 0.1) is 0 Å². The van der Waals surface area contributed by atoms with Gasteiger partial charge in [-0.15, -0.1) is 11.8 Å². The Bertz CT molecular complexity index is 1080. The molecule has 172 valence electrons. The molecule has 0 fully saturated rings. The number of hydrogen-bond acceptors (Lipinski definition) is 5. The SMILES string of the molecule is CCOc1cc(/C=N\NC(=O)[C@H](C)SCc2ccccc2)ccc1OCc1cccc(Cl)c1. The number of halogens is 1. The number of nitrogens with one attached hydrogen (secondary N) is 1. The third-order valence-corrected chi connectivity index (χ3v) is 6.10. The van der Waals surface area contributed by atoms with Gasteiger partial charge in [-0.1, -0.05) is 54.1 Å². The zero-order valence-corrected chi connectivity index (χ0v) is 20.2. The van der Waals surface area contributed by atoms with Crippen LogP contribution in [0.3, 0.4) is 0 Å². The second-order valence-corrected chi connectivity index (χ2v) is 9.00. The molecular formula is C26H27ClN2O3S. The predicted octanol–water partition coefficient (Wildman–Crippen LogP) is 6.09. The Hall–Kier alpha value is -2.96. The maximum atomic E-state index is 12.3. The van der Waals surface area contributed by atoms with E-state index in [4.69, 9.17) is 21.1 Å². The van der Waals surface area contributed by atoms with Gasteiger partial charge in [-0.05, 0) is 60.9 Å². The molecule has 1 amide bonds. The van der Waals surface area contributed by atoms with Gasteiger partial charge in [-0.2, -0.15) is 5.10 Å². The third-order valence-electron chi connectivity index (χ3n) is 4.65. The molecule has 0 heterocycles. The number of benzene rings is 3. The first-order chi connectivity index (χ1) is 16.0. The van der Waals surface area contributed by atoms with Crippen LogP contribution in [-0.2, 0) is 17.2 Å². The van der Waals surface area contributed by atoms with Crippen molar-refractivity contribution in [1.82, 2.24) is 5.43 Å². The van der Waals surface area contributed by atoms with Gasteiger partial charge in [-0.3, -0.25) is 4.79 Å². The molecule has 0 radical (unpaired) electrons. The van der Waals surface area contributed by atoms with Crippen molar-refractivity contribution in [2.75, 3.05) is 6.61 Å². The molecule has 33 heavy (non-hydrogen) atoms. The van der Waals surface area contributed by atoms with Crippen molar-refractivity contribution in [2.24, 2.45) is 5.10 Å². The molecular weight excluding hydrogens is 456 g/mol. The van der Waals surface area contributed by atoms with Gasteiger partial charge in [0.05, 0.1) is 18.1 Å². The molecule has 3 rings (SSSR count). The number of ether oxygens (including phenoxy) is 2. The zero-order chi connectivity index (χ0) is 23.5. The van der Waals surface area contributed by atoms with Crippen molar-refractivity contribution in [3.8, 4) is 11.5 Å². The van der Waals surface area contributed by atoms with Gasteiger partial charge < -0.3 is 9.47 Å². The van der Waals surface area contributed by atoms with Crippen LogP contribution in [0.4, 0.5) is 0 Å². The Labute approximate surface area is 204 Å². The molecule has 0 aliphatic rings. The Kier molecular flexibility index (Phi) is 9.66. The lowest BCUT2D eigenvalue weighted by Gasteiger charge is -2.13. The Morgan fingerprint density at radius 3 is 2.58 bits per heavy atom. The van der Waals surface area contributed by atoms with E-state index < -0.39 is 0 Å². The van der Waals surface area contributed by atoms with Crippen LogP contribution < -0.4 is 14.9 Å². The smallest absolute Gasteiger partial charge is 0.252 e. The van der Waals surface area contributed by atoms with Gasteiger partial charge in [-0.25, -0.2) is 5.43 Å². The number of nitrogens with zero attached hydrogens (tertiary/aromatic N) is 1. The van der Waals surface area contributed by atoms with E-state index in [9.17, 15) is 4.79 Å². The molecule has 0 bridgehead atoms. The largest absolute Gasteiger partial charge is 0.490 e. The number of hydrogen-bond donors (Lipinski definition) is 1. The monoisotopic (exact) mass is 482 g/mol. The maximum absolute atomic E-state index is 12.3. The second-order valence-electron chi connectivity index (χ2n) is 7.23. The molecule has 1 atom stereocenters. The topological polar surface area (TPSA) is 59.9 Å². The molecule has 0 saturated carbocycles. The Morgan fingerprint density at radius 1 is 1.03 bits per heavy atom. The standard InChI is InChI=1S/C26H27ClN2O3S/c1-3-31-25-15-21(12-13-24(25)32-17-22-10-7-11-23(27)14-22)16-28-29-26(30)19(2)33-18-20-8-5-4-6-9-20/h4-16,19H,3,17-18H2,1-2H3,(H,29,30)/b28-16-/t19-/m0/s1. The number of thioether (sulfide) groups is 1. The summed E-state index contributed by atoms with van der Waals surface area (Å²) in [4.78, 5) is 12.3. The Balaban J connectivity index is 1.54. The van der Waals surface area contributed by atoms with E-state index in [1.165, 1.54) is 5.56 Å². The first-order valence-corrected chi connectivity index (χ1v) is 12.1. The third kappa shape index (κ3) is 8.15. The lowest BCUT2D eigenvalue weighted by Crippen LogP contribution is -2.27. The van der Waals surface area contributed by atoms with Crippen molar-refractivity contribution >= 4 is 35.5 Å². The molecule has 3 aromatic rings. The molecule has 3 aromatic carbocycles. The van der Waals surface area contributed by atoms with E-state index >= 15 is 0 Å². The molecule has 0 saturated heterocycles. The first-order valence-electron chi connectivity index (χ1n) is 10.7. The molecule has 0 spiro atoms. The van der Waals surface area contributed by atoms with E-state index in [0.29, 0.717) is 29.7 Å². The fourth-order valence-corrected chi connectivity index (χ4v) is 3.96. The lowest BCUT2D eigenvalue weighted by atomic mass is 10.2. The summed E-state index contributed by atoms with van der Waals surface area (Å²) < 4.78 is 11.6. The summed E-state index contributed by atoms with van der Waals surface area (Å²) in [5, 5.41) is 4.55. The highest BCUT2D eigenvalue weighted by atomic mass is 35.5. The van der Waals surface area contributed by atoms with Gasteiger partial charge in [0.2, 0.25) is 0 Å². The van der Waals surface area contributed by atoms with Crippen molar-refractivity contribution < 1.29 is 14.3 Å². The van der Waals surface area contributed by atoms with Crippen LogP contribution in [0.2, 0.25) is 5.02 Å². The zero-order valence-electron chi connectivity index (χ0n) is 18.7. The summed E-state index contributed by atoms with van der Waals surface area (Å²) in [6.07, 6.45) is 1.59. The highest BCUT2D eigenvalue weighted by Crippen LogP contribution is 2.29. The summed E-state index contributed by atoms with van der Waals surface area (Å²) in [5.74, 6) is 1.87. The quantitative estimate of drug-likeness (QED) is 0.265. The van der Waals surface area contributed by atoms with Crippen molar-refractivity contribution in [1.29, 1.82) is 0 Å². The summed E-state index contributed by atoms with van der Waals surface area (Å²) in [6, 6.07) is 23.1. The minimum atomic E-state index is -0.219. The molecule has 0 aromatic heterocycles. The van der Waals surface area contributed by atoms with Crippen LogP contribution >= 0.6 is 23.4 Å². The second kappa shape index (κ2) is 12.9. The number of hydrazone groups is 1. The van der Waals surface area contributed by atoms with E-state index in [2.05, 4.69) is 10.5 Å². The normalized spacial score (nSPS) is 11.8. The Morgan fingerprint density at radius 2 is 1.82 bits per heavy atom. The summed E-state index contributed by atoms with van der Waals surface area (Å²) in [5.41, 5.74) is 5.56. The fraction of sp³-hybridized carbons (Fsp3) is 0.231. The van der Waals surface area contributed by atoms with Gasteiger partial charge in [0.25, 0.3) is 5.91 Å². The van der Waals surface area contributed by atoms with Gasteiger partial charge in [0.1, 0.15) is 6.61 Å². The molecule has 1 N–H and O–H groups in total. The number of amides is 1. The summed E-state index contributed by atoms with van der Waals surface area (Å²) in [7, 11) is 0. The summed E-state index contributed by atoms with van der Waals surface area (Å²) in [6.45, 7) is 4.66. The highest BCUT2D eigenvalue weighted by molar-refractivity contribution is 7.99. The first kappa shape index (κ1) is 24.7. The van der Waals surface area contributed by atoms with Crippen molar-refractivity contribution in [2.45, 2.75) is 31.5 Å². The van der Waals surface area contributed by atoms with E-state index in [1.54, 1.807) is 18.0 Å². The number of carbonyl (C=O) groups excluding carboxylic acids is 1. The predicted molar refractivity (Wildman–Crippen MR) is 136 cm³/mol. The number of rotatable bonds is 11. The van der Waals surface area contributed by atoms with Gasteiger partial charge in [0, 0.05) is 10.8 Å². The average Bonchev–Trinajstić information content (AvgIpc) is 2.83. The van der Waals surface area contributed by atoms with Gasteiger partial charge >= 0.3 is 0 Å². The minimum Gasteiger partial charge on any atom is -0.490 e. The number of carbonyl (C=O) groups is 1. The molecule has 0 unspecified atom stereocenters. The van der Waals surface area contributed by atoms with Crippen LogP contribution in [0.1, 0.15) is 30.5 Å². The molecule has 7 heteroatoms.